The molecule has 86 valence electrons. The van der Waals surface area contributed by atoms with Gasteiger partial charge in [-0.05, 0) is 24.3 Å². The lowest BCUT2D eigenvalue weighted by molar-refractivity contribution is 0.425. The van der Waals surface area contributed by atoms with Gasteiger partial charge in [0.25, 0.3) is 0 Å². The monoisotopic (exact) mass is 233 g/mol. The van der Waals surface area contributed by atoms with Crippen molar-refractivity contribution in [2.24, 2.45) is 0 Å². The second-order valence-corrected chi connectivity index (χ2v) is 3.36. The number of hydrogen-bond donors (Lipinski definition) is 2. The van der Waals surface area contributed by atoms with E-state index in [1.54, 1.807) is 0 Å². The molecule has 1 heterocycles. The molecule has 0 fully saturated rings. The Bertz CT molecular complexity index is 487. The van der Waals surface area contributed by atoms with Crippen LogP contribution in [0.15, 0.2) is 42.6 Å². The van der Waals surface area contributed by atoms with Crippen LogP contribution in [-0.2, 0) is 0 Å². The number of halogens is 1. The van der Waals surface area contributed by atoms with Crippen molar-refractivity contribution in [3.63, 3.8) is 0 Å². The van der Waals surface area contributed by atoms with Crippen molar-refractivity contribution < 1.29 is 19.2 Å². The Hall–Kier alpha value is -1.92. The molecule has 0 bridgehead atoms. The molecule has 2 N–H and O–H groups in total. The summed E-state index contributed by atoms with van der Waals surface area (Å²) in [4.78, 5) is 3.88. The number of hydrogen-bond acceptors (Lipinski definition) is 4. The topological polar surface area (TPSA) is 62.6 Å². The van der Waals surface area contributed by atoms with Gasteiger partial charge < -0.3 is 14.8 Å². The summed E-state index contributed by atoms with van der Waals surface area (Å²) in [5, 5.41) is 17.7. The zero-order chi connectivity index (χ0) is 12.3. The molecule has 0 aliphatic carbocycles. The third-order valence-electron chi connectivity index (χ3n) is 2.09. The van der Waals surface area contributed by atoms with E-state index < -0.39 is 7.12 Å². The first kappa shape index (κ1) is 11.6. The molecule has 4 nitrogen and oxygen atoms in total. The van der Waals surface area contributed by atoms with Crippen molar-refractivity contribution in [2.75, 3.05) is 0 Å². The number of pyridine rings is 1. The van der Waals surface area contributed by atoms with E-state index in [9.17, 15) is 4.39 Å². The Morgan fingerprint density at radius 1 is 1.06 bits per heavy atom. The van der Waals surface area contributed by atoms with Crippen molar-refractivity contribution in [3.8, 4) is 11.6 Å². The number of nitrogens with zero attached hydrogens (tertiary/aromatic N) is 1. The first-order valence-electron chi connectivity index (χ1n) is 4.90. The average molecular weight is 233 g/mol. The van der Waals surface area contributed by atoms with Gasteiger partial charge in [-0.15, -0.1) is 0 Å². The molecule has 17 heavy (non-hydrogen) atoms. The van der Waals surface area contributed by atoms with Gasteiger partial charge in [0.05, 0.1) is 0 Å². The summed E-state index contributed by atoms with van der Waals surface area (Å²) in [7, 11) is -1.55. The van der Waals surface area contributed by atoms with Crippen LogP contribution in [0.5, 0.6) is 11.6 Å². The fraction of sp³-hybridized carbons (Fsp3) is 0. The van der Waals surface area contributed by atoms with Crippen molar-refractivity contribution in [3.05, 3.63) is 48.4 Å². The molecule has 2 aromatic rings. The lowest BCUT2D eigenvalue weighted by Crippen LogP contribution is -2.29. The Morgan fingerprint density at radius 2 is 1.76 bits per heavy atom. The van der Waals surface area contributed by atoms with E-state index in [-0.39, 0.29) is 11.3 Å². The highest BCUT2D eigenvalue weighted by Crippen LogP contribution is 2.18. The summed E-state index contributed by atoms with van der Waals surface area (Å²) in [5.74, 6) is 0.404. The zero-order valence-corrected chi connectivity index (χ0v) is 8.75. The first-order valence-corrected chi connectivity index (χ1v) is 4.90. The molecule has 2 rings (SSSR count). The van der Waals surface area contributed by atoms with Crippen LogP contribution in [0.25, 0.3) is 0 Å². The van der Waals surface area contributed by atoms with Gasteiger partial charge in [-0.2, -0.15) is 0 Å². The van der Waals surface area contributed by atoms with E-state index in [1.165, 1.54) is 42.6 Å². The molecule has 1 aromatic heterocycles. The fourth-order valence-corrected chi connectivity index (χ4v) is 1.23. The maximum atomic E-state index is 12.6. The van der Waals surface area contributed by atoms with Gasteiger partial charge >= 0.3 is 7.12 Å². The molecule has 1 aromatic carbocycles. The van der Waals surface area contributed by atoms with E-state index in [1.807, 2.05) is 0 Å². The van der Waals surface area contributed by atoms with Gasteiger partial charge in [-0.25, -0.2) is 9.37 Å². The van der Waals surface area contributed by atoms with Gasteiger partial charge in [-0.3, -0.25) is 0 Å². The molecule has 0 saturated heterocycles. The lowest BCUT2D eigenvalue weighted by Gasteiger charge is -2.05. The normalized spacial score (nSPS) is 10.1. The Kier molecular flexibility index (Phi) is 3.36. The van der Waals surface area contributed by atoms with Crippen LogP contribution in [0.3, 0.4) is 0 Å². The molecule has 0 amide bonds. The van der Waals surface area contributed by atoms with Crippen LogP contribution in [-0.4, -0.2) is 22.2 Å². The molecule has 0 unspecified atom stereocenters. The van der Waals surface area contributed by atoms with E-state index in [4.69, 9.17) is 14.8 Å². The molecule has 0 aliphatic rings. The van der Waals surface area contributed by atoms with Gasteiger partial charge in [0, 0.05) is 17.7 Å². The van der Waals surface area contributed by atoms with Crippen LogP contribution in [0, 0.1) is 5.82 Å². The minimum absolute atomic E-state index is 0.274. The van der Waals surface area contributed by atoms with E-state index in [0.29, 0.717) is 11.6 Å². The molecule has 0 spiro atoms. The number of aromatic nitrogens is 1. The van der Waals surface area contributed by atoms with Gasteiger partial charge in [0.2, 0.25) is 5.88 Å². The van der Waals surface area contributed by atoms with E-state index in [0.717, 1.165) is 0 Å². The van der Waals surface area contributed by atoms with Crippen molar-refractivity contribution in [1.82, 2.24) is 4.98 Å². The maximum absolute atomic E-state index is 12.6. The standard InChI is InChI=1S/C11H9BFNO3/c13-9-2-4-10(5-3-9)17-11-6-1-8(7-14-11)12(15)16/h1-7,15-16H. The highest BCUT2D eigenvalue weighted by molar-refractivity contribution is 6.58. The van der Waals surface area contributed by atoms with Crippen LogP contribution in [0.4, 0.5) is 4.39 Å². The van der Waals surface area contributed by atoms with Crippen molar-refractivity contribution >= 4 is 12.6 Å². The minimum atomic E-state index is -1.55. The quantitative estimate of drug-likeness (QED) is 0.765. The molecule has 6 heteroatoms. The second kappa shape index (κ2) is 4.94. The van der Waals surface area contributed by atoms with Gasteiger partial charge in [0.1, 0.15) is 11.6 Å². The molecule has 0 atom stereocenters. The summed E-state index contributed by atoms with van der Waals surface area (Å²) in [5.41, 5.74) is 0.274. The highest BCUT2D eigenvalue weighted by atomic mass is 19.1. The molecular formula is C11H9BFNO3. The van der Waals surface area contributed by atoms with E-state index in [2.05, 4.69) is 4.98 Å². The molecule has 0 radical (unpaired) electrons. The van der Waals surface area contributed by atoms with Gasteiger partial charge in [-0.1, -0.05) is 6.07 Å². The SMILES string of the molecule is OB(O)c1ccc(Oc2ccc(F)cc2)nc1. The minimum Gasteiger partial charge on any atom is -0.439 e. The largest absolute Gasteiger partial charge is 0.490 e. The van der Waals surface area contributed by atoms with Crippen molar-refractivity contribution in [2.45, 2.75) is 0 Å². The van der Waals surface area contributed by atoms with Crippen LogP contribution in [0.1, 0.15) is 0 Å². The summed E-state index contributed by atoms with van der Waals surface area (Å²) >= 11 is 0. The molecular weight excluding hydrogens is 224 g/mol. The molecule has 0 saturated carbocycles. The Morgan fingerprint density at radius 3 is 2.29 bits per heavy atom. The smallest absolute Gasteiger partial charge is 0.439 e. The fourth-order valence-electron chi connectivity index (χ4n) is 1.23. The van der Waals surface area contributed by atoms with Crippen LogP contribution in [0.2, 0.25) is 0 Å². The maximum Gasteiger partial charge on any atom is 0.490 e. The summed E-state index contributed by atoms with van der Waals surface area (Å²) < 4.78 is 18.0. The lowest BCUT2D eigenvalue weighted by atomic mass is 9.82. The highest BCUT2D eigenvalue weighted by Gasteiger charge is 2.11. The molecule has 0 aliphatic heterocycles. The van der Waals surface area contributed by atoms with E-state index >= 15 is 0 Å². The Balaban J connectivity index is 2.11. The third kappa shape index (κ3) is 3.02. The summed E-state index contributed by atoms with van der Waals surface area (Å²) in [6, 6.07) is 8.49. The summed E-state index contributed by atoms with van der Waals surface area (Å²) in [6.45, 7) is 0. The number of benzene rings is 1. The van der Waals surface area contributed by atoms with Crippen LogP contribution >= 0.6 is 0 Å². The summed E-state index contributed by atoms with van der Waals surface area (Å²) in [6.07, 6.45) is 1.30. The second-order valence-electron chi connectivity index (χ2n) is 3.36. The predicted octanol–water partition coefficient (Wildman–Crippen LogP) is 0.693. The van der Waals surface area contributed by atoms with Crippen LogP contribution < -0.4 is 10.2 Å². The Labute approximate surface area is 97.5 Å². The zero-order valence-electron chi connectivity index (χ0n) is 8.75. The first-order chi connectivity index (χ1) is 8.15. The number of rotatable bonds is 3. The average Bonchev–Trinajstić information content (AvgIpc) is 2.33. The third-order valence-corrected chi connectivity index (χ3v) is 2.09. The van der Waals surface area contributed by atoms with Crippen molar-refractivity contribution in [1.29, 1.82) is 0 Å². The predicted molar refractivity (Wildman–Crippen MR) is 60.5 cm³/mol. The number of ether oxygens (including phenoxy) is 1. The van der Waals surface area contributed by atoms with Gasteiger partial charge in [0.15, 0.2) is 0 Å².